The van der Waals surface area contributed by atoms with Crippen LogP contribution in [0, 0.1) is 16.6 Å². The summed E-state index contributed by atoms with van der Waals surface area (Å²) < 4.78 is 25.5. The summed E-state index contributed by atoms with van der Waals surface area (Å²) in [5.41, 5.74) is 5.14. The summed E-state index contributed by atoms with van der Waals surface area (Å²) >= 11 is 0. The van der Waals surface area contributed by atoms with E-state index in [1.54, 1.807) is 0 Å². The lowest BCUT2D eigenvalue weighted by Crippen LogP contribution is -2.05. The molecular formula is C28H33Cl2FN2O2. The standard InChI is InChI=1S/C28H31FN2O2.2ClH/c1-3-32-27(30)24-16-10-20(11-17-24)8-14-22-6-5-7-23(26(22)29)15-9-21-12-18-25(19-13-21)28(31)33-4-2;;/h5-7,10-13,16-19,30-31H,3-4,8-9,14-15H2,1-2H3;2*1H. The average molecular weight is 519 g/mol. The van der Waals surface area contributed by atoms with Crippen LogP contribution in [0.15, 0.2) is 66.7 Å². The van der Waals surface area contributed by atoms with Crippen molar-refractivity contribution >= 4 is 36.6 Å². The predicted molar refractivity (Wildman–Crippen MR) is 146 cm³/mol. The van der Waals surface area contributed by atoms with Gasteiger partial charge in [-0.3, -0.25) is 10.8 Å². The average Bonchev–Trinajstić information content (AvgIpc) is 2.83. The van der Waals surface area contributed by atoms with E-state index >= 15 is 4.39 Å². The molecule has 35 heavy (non-hydrogen) atoms. The van der Waals surface area contributed by atoms with E-state index in [4.69, 9.17) is 20.3 Å². The molecular weight excluding hydrogens is 486 g/mol. The van der Waals surface area contributed by atoms with Gasteiger partial charge in [-0.1, -0.05) is 42.5 Å². The van der Waals surface area contributed by atoms with E-state index in [1.807, 2.05) is 80.6 Å². The van der Waals surface area contributed by atoms with Gasteiger partial charge in [-0.15, -0.1) is 24.8 Å². The van der Waals surface area contributed by atoms with Gasteiger partial charge in [-0.05, 0) is 86.1 Å². The summed E-state index contributed by atoms with van der Waals surface area (Å²) in [5.74, 6) is 0.219. The van der Waals surface area contributed by atoms with Crippen molar-refractivity contribution in [3.05, 3.63) is 106 Å². The molecule has 0 unspecified atom stereocenters. The van der Waals surface area contributed by atoms with Crippen molar-refractivity contribution in [2.75, 3.05) is 13.2 Å². The monoisotopic (exact) mass is 518 g/mol. The maximum absolute atomic E-state index is 15.1. The molecule has 0 radical (unpaired) electrons. The van der Waals surface area contributed by atoms with Crippen LogP contribution in [0.4, 0.5) is 4.39 Å². The first-order valence-electron chi connectivity index (χ1n) is 11.4. The first-order chi connectivity index (χ1) is 16.0. The van der Waals surface area contributed by atoms with Crippen LogP contribution in [0.25, 0.3) is 0 Å². The summed E-state index contributed by atoms with van der Waals surface area (Å²) in [6, 6.07) is 21.0. The predicted octanol–water partition coefficient (Wildman–Crippen LogP) is 6.96. The quantitative estimate of drug-likeness (QED) is 0.225. The van der Waals surface area contributed by atoms with Gasteiger partial charge in [0.1, 0.15) is 5.82 Å². The zero-order chi connectivity index (χ0) is 23.6. The van der Waals surface area contributed by atoms with E-state index in [9.17, 15) is 0 Å². The lowest BCUT2D eigenvalue weighted by Gasteiger charge is -2.10. The smallest absolute Gasteiger partial charge is 0.213 e. The van der Waals surface area contributed by atoms with Crippen LogP contribution in [0.3, 0.4) is 0 Å². The first-order valence-corrected chi connectivity index (χ1v) is 11.4. The highest BCUT2D eigenvalue weighted by molar-refractivity contribution is 5.92. The molecule has 7 heteroatoms. The number of aryl methyl sites for hydroxylation is 4. The SMILES string of the molecule is CCOC(=N)c1ccc(CCc2cccc(CCc3ccc(C(=N)OCC)cc3)c2F)cc1.Cl.Cl. The van der Waals surface area contributed by atoms with E-state index < -0.39 is 0 Å². The molecule has 2 N–H and O–H groups in total. The molecule has 4 nitrogen and oxygen atoms in total. The van der Waals surface area contributed by atoms with Crippen LogP contribution >= 0.6 is 24.8 Å². The third kappa shape index (κ3) is 8.68. The Labute approximate surface area is 219 Å². The summed E-state index contributed by atoms with van der Waals surface area (Å²) in [4.78, 5) is 0. The van der Waals surface area contributed by atoms with Crippen LogP contribution in [-0.4, -0.2) is 25.0 Å². The molecule has 188 valence electrons. The minimum Gasteiger partial charge on any atom is -0.478 e. The Bertz CT molecular complexity index is 1000. The minimum absolute atomic E-state index is 0. The van der Waals surface area contributed by atoms with Gasteiger partial charge in [0.2, 0.25) is 11.8 Å². The number of hydrogen-bond donors (Lipinski definition) is 2. The van der Waals surface area contributed by atoms with Crippen molar-refractivity contribution in [1.29, 1.82) is 10.8 Å². The number of nitrogens with one attached hydrogen (secondary N) is 2. The molecule has 3 aromatic rings. The fraction of sp³-hybridized carbons (Fsp3) is 0.286. The van der Waals surface area contributed by atoms with Crippen LogP contribution in [0.5, 0.6) is 0 Å². The fourth-order valence-corrected chi connectivity index (χ4v) is 3.68. The van der Waals surface area contributed by atoms with E-state index in [-0.39, 0.29) is 42.4 Å². The number of ether oxygens (including phenoxy) is 2. The van der Waals surface area contributed by atoms with Crippen molar-refractivity contribution in [1.82, 2.24) is 0 Å². The molecule has 0 aliphatic rings. The Kier molecular flexibility index (Phi) is 13.1. The Morgan fingerprint density at radius 2 is 1.00 bits per heavy atom. The summed E-state index contributed by atoms with van der Waals surface area (Å²) in [7, 11) is 0. The van der Waals surface area contributed by atoms with E-state index in [2.05, 4.69) is 0 Å². The van der Waals surface area contributed by atoms with Crippen molar-refractivity contribution in [3.63, 3.8) is 0 Å². The third-order valence-electron chi connectivity index (χ3n) is 5.53. The number of halogens is 3. The summed E-state index contributed by atoms with van der Waals surface area (Å²) in [6.07, 6.45) is 2.71. The summed E-state index contributed by atoms with van der Waals surface area (Å²) in [5, 5.41) is 15.7. The van der Waals surface area contributed by atoms with Crippen LogP contribution in [-0.2, 0) is 35.2 Å². The number of rotatable bonds is 10. The Hall–Kier alpha value is -2.89. The van der Waals surface area contributed by atoms with Crippen molar-refractivity contribution in [3.8, 4) is 0 Å². The topological polar surface area (TPSA) is 66.2 Å². The van der Waals surface area contributed by atoms with Gasteiger partial charge in [-0.25, -0.2) is 4.39 Å². The molecule has 3 aromatic carbocycles. The van der Waals surface area contributed by atoms with Crippen LogP contribution in [0.2, 0.25) is 0 Å². The Morgan fingerprint density at radius 1 is 0.629 bits per heavy atom. The molecule has 3 rings (SSSR count). The molecule has 0 spiro atoms. The van der Waals surface area contributed by atoms with E-state index in [1.165, 1.54) is 0 Å². The molecule has 0 amide bonds. The normalized spacial score (nSPS) is 10.0. The molecule has 0 aromatic heterocycles. The van der Waals surface area contributed by atoms with Gasteiger partial charge >= 0.3 is 0 Å². The van der Waals surface area contributed by atoms with Gasteiger partial charge < -0.3 is 9.47 Å². The van der Waals surface area contributed by atoms with Gasteiger partial charge in [0.25, 0.3) is 0 Å². The van der Waals surface area contributed by atoms with Gasteiger partial charge in [0, 0.05) is 11.1 Å². The lowest BCUT2D eigenvalue weighted by molar-refractivity contribution is 0.325. The van der Waals surface area contributed by atoms with Crippen molar-refractivity contribution in [2.45, 2.75) is 39.5 Å². The highest BCUT2D eigenvalue weighted by Gasteiger charge is 2.10. The van der Waals surface area contributed by atoms with E-state index in [0.717, 1.165) is 46.2 Å². The number of hydrogen-bond acceptors (Lipinski definition) is 4. The second-order valence-electron chi connectivity index (χ2n) is 7.81. The Balaban J connectivity index is 0.00000306. The van der Waals surface area contributed by atoms with Gasteiger partial charge in [-0.2, -0.15) is 0 Å². The maximum Gasteiger partial charge on any atom is 0.213 e. The fourth-order valence-electron chi connectivity index (χ4n) is 3.68. The zero-order valence-corrected chi connectivity index (χ0v) is 21.7. The molecule has 0 atom stereocenters. The second kappa shape index (κ2) is 15.2. The minimum atomic E-state index is -0.123. The van der Waals surface area contributed by atoms with Crippen LogP contribution in [0.1, 0.15) is 47.2 Å². The maximum atomic E-state index is 15.1. The van der Waals surface area contributed by atoms with Gasteiger partial charge in [0.15, 0.2) is 0 Å². The highest BCUT2D eigenvalue weighted by Crippen LogP contribution is 2.18. The molecule has 0 saturated heterocycles. The molecule has 0 fully saturated rings. The summed E-state index contributed by atoms with van der Waals surface area (Å²) in [6.45, 7) is 4.66. The zero-order valence-electron chi connectivity index (χ0n) is 20.1. The lowest BCUT2D eigenvalue weighted by atomic mass is 9.98. The highest BCUT2D eigenvalue weighted by atomic mass is 35.5. The molecule has 0 saturated carbocycles. The molecule has 0 aliphatic carbocycles. The first kappa shape index (κ1) is 30.1. The van der Waals surface area contributed by atoms with Crippen molar-refractivity contribution in [2.24, 2.45) is 0 Å². The molecule has 0 heterocycles. The number of benzene rings is 3. The Morgan fingerprint density at radius 3 is 1.34 bits per heavy atom. The largest absolute Gasteiger partial charge is 0.478 e. The third-order valence-corrected chi connectivity index (χ3v) is 5.53. The van der Waals surface area contributed by atoms with E-state index in [0.29, 0.717) is 26.1 Å². The van der Waals surface area contributed by atoms with Crippen LogP contribution < -0.4 is 0 Å². The molecule has 0 aliphatic heterocycles. The second-order valence-corrected chi connectivity index (χ2v) is 7.81. The molecule has 0 bridgehead atoms. The van der Waals surface area contributed by atoms with Crippen molar-refractivity contribution < 1.29 is 13.9 Å². The van der Waals surface area contributed by atoms with Gasteiger partial charge in [0.05, 0.1) is 13.2 Å².